The molecule has 0 saturated carbocycles. The molecule has 2 N–H and O–H groups in total. The number of hydrazone groups is 1. The fourth-order valence-electron chi connectivity index (χ4n) is 2.54. The third kappa shape index (κ3) is 4.32. The summed E-state index contributed by atoms with van der Waals surface area (Å²) in [4.78, 5) is 12.4. The van der Waals surface area contributed by atoms with Crippen molar-refractivity contribution in [2.24, 2.45) is 5.10 Å². The zero-order valence-corrected chi connectivity index (χ0v) is 16.4. The number of ether oxygens (including phenoxy) is 2. The summed E-state index contributed by atoms with van der Waals surface area (Å²) in [6.07, 6.45) is 0. The molecule has 3 aromatic rings. The molecule has 0 fully saturated rings. The van der Waals surface area contributed by atoms with Crippen molar-refractivity contribution in [3.8, 4) is 22.8 Å². The molecule has 0 saturated heterocycles. The van der Waals surface area contributed by atoms with Gasteiger partial charge in [-0.05, 0) is 48.9 Å². The summed E-state index contributed by atoms with van der Waals surface area (Å²) in [6, 6.07) is 14.2. The van der Waals surface area contributed by atoms with Crippen LogP contribution in [0.2, 0.25) is 5.02 Å². The van der Waals surface area contributed by atoms with Gasteiger partial charge in [-0.3, -0.25) is 9.89 Å². The molecule has 0 unspecified atom stereocenters. The van der Waals surface area contributed by atoms with Gasteiger partial charge in [0.05, 0.1) is 25.6 Å². The maximum atomic E-state index is 12.4. The van der Waals surface area contributed by atoms with Gasteiger partial charge in [0.25, 0.3) is 5.91 Å². The largest absolute Gasteiger partial charge is 0.497 e. The van der Waals surface area contributed by atoms with Crippen molar-refractivity contribution in [1.82, 2.24) is 15.6 Å². The van der Waals surface area contributed by atoms with E-state index in [9.17, 15) is 4.79 Å². The number of H-pyrrole nitrogens is 1. The minimum absolute atomic E-state index is 0.271. The van der Waals surface area contributed by atoms with Crippen molar-refractivity contribution >= 4 is 23.2 Å². The summed E-state index contributed by atoms with van der Waals surface area (Å²) >= 11 is 5.88. The molecule has 8 heteroatoms. The van der Waals surface area contributed by atoms with Crippen LogP contribution in [-0.4, -0.2) is 36.0 Å². The van der Waals surface area contributed by atoms with Crippen molar-refractivity contribution < 1.29 is 14.3 Å². The summed E-state index contributed by atoms with van der Waals surface area (Å²) in [7, 11) is 3.15. The first-order valence-electron chi connectivity index (χ1n) is 8.40. The third-order valence-electron chi connectivity index (χ3n) is 4.09. The van der Waals surface area contributed by atoms with E-state index in [0.717, 1.165) is 5.56 Å². The maximum Gasteiger partial charge on any atom is 0.289 e. The van der Waals surface area contributed by atoms with Crippen molar-refractivity contribution in [2.75, 3.05) is 14.2 Å². The Morgan fingerprint density at radius 3 is 2.54 bits per heavy atom. The number of nitrogens with zero attached hydrogens (tertiary/aromatic N) is 2. The van der Waals surface area contributed by atoms with Crippen LogP contribution >= 0.6 is 11.6 Å². The highest BCUT2D eigenvalue weighted by Crippen LogP contribution is 2.32. The van der Waals surface area contributed by atoms with Crippen LogP contribution in [0.15, 0.2) is 53.6 Å². The van der Waals surface area contributed by atoms with Gasteiger partial charge in [-0.2, -0.15) is 10.2 Å². The number of benzene rings is 2. The van der Waals surface area contributed by atoms with Gasteiger partial charge in [-0.25, -0.2) is 5.43 Å². The van der Waals surface area contributed by atoms with Gasteiger partial charge in [-0.15, -0.1) is 0 Å². The van der Waals surface area contributed by atoms with Crippen LogP contribution in [0.1, 0.15) is 23.0 Å². The maximum absolute atomic E-state index is 12.4. The predicted octanol–water partition coefficient (Wildman–Crippen LogP) is 3.90. The Morgan fingerprint density at radius 1 is 1.11 bits per heavy atom. The highest BCUT2D eigenvalue weighted by atomic mass is 35.5. The fourth-order valence-corrected chi connectivity index (χ4v) is 2.67. The number of amides is 1. The Labute approximate surface area is 167 Å². The molecular weight excluding hydrogens is 380 g/mol. The van der Waals surface area contributed by atoms with Crippen LogP contribution in [-0.2, 0) is 0 Å². The third-order valence-corrected chi connectivity index (χ3v) is 4.34. The molecule has 3 rings (SSSR count). The lowest BCUT2D eigenvalue weighted by Crippen LogP contribution is -2.19. The quantitative estimate of drug-likeness (QED) is 0.486. The number of carbonyl (C=O) groups is 1. The number of hydrogen-bond acceptors (Lipinski definition) is 5. The molecular formula is C20H19ClN4O3. The van der Waals surface area contributed by atoms with Gasteiger partial charge in [-0.1, -0.05) is 23.7 Å². The van der Waals surface area contributed by atoms with Crippen molar-refractivity contribution in [1.29, 1.82) is 0 Å². The van der Waals surface area contributed by atoms with Gasteiger partial charge in [0.1, 0.15) is 17.2 Å². The Morgan fingerprint density at radius 2 is 1.86 bits per heavy atom. The molecule has 0 radical (unpaired) electrons. The van der Waals surface area contributed by atoms with E-state index in [1.807, 2.05) is 12.1 Å². The van der Waals surface area contributed by atoms with E-state index >= 15 is 0 Å². The van der Waals surface area contributed by atoms with Crippen LogP contribution in [0.5, 0.6) is 11.5 Å². The molecule has 0 bridgehead atoms. The standard InChI is InChI=1S/C20H19ClN4O3/c1-12(13-4-6-14(21)7-5-13)22-25-20(26)18-11-17(23-24-18)16-10-15(27-2)8-9-19(16)28-3/h4-11H,1-3H3,(H,23,24)(H,25,26). The summed E-state index contributed by atoms with van der Waals surface area (Å²) in [5.41, 5.74) is 5.56. The molecule has 0 aliphatic rings. The summed E-state index contributed by atoms with van der Waals surface area (Å²) in [5, 5.41) is 11.7. The van der Waals surface area contributed by atoms with Gasteiger partial charge in [0, 0.05) is 10.6 Å². The van der Waals surface area contributed by atoms with Crippen molar-refractivity contribution in [3.63, 3.8) is 0 Å². The number of aromatic nitrogens is 2. The molecule has 2 aromatic carbocycles. The van der Waals surface area contributed by atoms with Crippen LogP contribution in [0.4, 0.5) is 0 Å². The van der Waals surface area contributed by atoms with Gasteiger partial charge in [0.15, 0.2) is 0 Å². The van der Waals surface area contributed by atoms with Gasteiger partial charge >= 0.3 is 0 Å². The number of nitrogens with one attached hydrogen (secondary N) is 2. The molecule has 0 aliphatic carbocycles. The first-order valence-corrected chi connectivity index (χ1v) is 8.78. The molecule has 1 aromatic heterocycles. The number of methoxy groups -OCH3 is 2. The van der Waals surface area contributed by atoms with Gasteiger partial charge < -0.3 is 9.47 Å². The van der Waals surface area contributed by atoms with E-state index in [-0.39, 0.29) is 5.69 Å². The fraction of sp³-hybridized carbons (Fsp3) is 0.150. The second kappa shape index (κ2) is 8.58. The van der Waals surface area contributed by atoms with E-state index in [1.54, 1.807) is 57.5 Å². The summed E-state index contributed by atoms with van der Waals surface area (Å²) in [5.74, 6) is 0.873. The summed E-state index contributed by atoms with van der Waals surface area (Å²) in [6.45, 7) is 1.79. The summed E-state index contributed by atoms with van der Waals surface area (Å²) < 4.78 is 10.6. The lowest BCUT2D eigenvalue weighted by Gasteiger charge is -2.08. The lowest BCUT2D eigenvalue weighted by molar-refractivity contribution is 0.0950. The van der Waals surface area contributed by atoms with Crippen LogP contribution < -0.4 is 14.9 Å². The molecule has 7 nitrogen and oxygen atoms in total. The zero-order chi connectivity index (χ0) is 20.1. The average molecular weight is 399 g/mol. The smallest absolute Gasteiger partial charge is 0.289 e. The monoisotopic (exact) mass is 398 g/mol. The second-order valence-corrected chi connectivity index (χ2v) is 6.31. The SMILES string of the molecule is COc1ccc(OC)c(-c2cc(C(=O)NN=C(C)c3ccc(Cl)cc3)[nH]n2)c1. The molecule has 0 atom stereocenters. The normalized spacial score (nSPS) is 11.2. The van der Waals surface area contributed by atoms with E-state index in [1.165, 1.54) is 0 Å². The topological polar surface area (TPSA) is 88.6 Å². The molecule has 0 aliphatic heterocycles. The van der Waals surface area contributed by atoms with Crippen LogP contribution in [0.25, 0.3) is 11.3 Å². The predicted molar refractivity (Wildman–Crippen MR) is 108 cm³/mol. The molecule has 144 valence electrons. The first kappa shape index (κ1) is 19.4. The Hall–Kier alpha value is -3.32. The molecule has 1 heterocycles. The molecule has 0 spiro atoms. The molecule has 1 amide bonds. The van der Waals surface area contributed by atoms with Crippen LogP contribution in [0, 0.1) is 0 Å². The number of aromatic amines is 1. The zero-order valence-electron chi connectivity index (χ0n) is 15.6. The van der Waals surface area contributed by atoms with Crippen molar-refractivity contribution in [2.45, 2.75) is 6.92 Å². The van der Waals surface area contributed by atoms with Crippen LogP contribution in [0.3, 0.4) is 0 Å². The van der Waals surface area contributed by atoms with Crippen molar-refractivity contribution in [3.05, 3.63) is 64.8 Å². The minimum Gasteiger partial charge on any atom is -0.497 e. The highest BCUT2D eigenvalue weighted by Gasteiger charge is 2.15. The first-order chi connectivity index (χ1) is 13.5. The number of hydrogen-bond donors (Lipinski definition) is 2. The number of rotatable bonds is 6. The lowest BCUT2D eigenvalue weighted by atomic mass is 10.1. The molecule has 28 heavy (non-hydrogen) atoms. The van der Waals surface area contributed by atoms with Gasteiger partial charge in [0.2, 0.25) is 0 Å². The Kier molecular flexibility index (Phi) is 5.96. The number of halogens is 1. The van der Waals surface area contributed by atoms with E-state index in [2.05, 4.69) is 20.7 Å². The van der Waals surface area contributed by atoms with E-state index in [0.29, 0.717) is 33.5 Å². The number of carbonyl (C=O) groups excluding carboxylic acids is 1. The Bertz CT molecular complexity index is 1010. The average Bonchev–Trinajstić information content (AvgIpc) is 3.22. The van der Waals surface area contributed by atoms with E-state index in [4.69, 9.17) is 21.1 Å². The second-order valence-electron chi connectivity index (χ2n) is 5.88. The highest BCUT2D eigenvalue weighted by molar-refractivity contribution is 6.30. The van der Waals surface area contributed by atoms with E-state index < -0.39 is 5.91 Å². The minimum atomic E-state index is -0.408. The Balaban J connectivity index is 1.77.